The van der Waals surface area contributed by atoms with Crippen LogP contribution in [0.5, 0.6) is 0 Å². The van der Waals surface area contributed by atoms with Crippen molar-refractivity contribution in [2.75, 3.05) is 19.3 Å². The van der Waals surface area contributed by atoms with E-state index in [0.29, 0.717) is 0 Å². The van der Waals surface area contributed by atoms with E-state index in [1.807, 2.05) is 0 Å². The summed E-state index contributed by atoms with van der Waals surface area (Å²) in [5, 5.41) is 4.54. The van der Waals surface area contributed by atoms with E-state index in [1.54, 1.807) is 0 Å². The Kier molecular flexibility index (Phi) is 5.19. The van der Waals surface area contributed by atoms with Gasteiger partial charge in [-0.3, -0.25) is 4.90 Å². The topological polar surface area (TPSA) is 15.3 Å². The second kappa shape index (κ2) is 6.44. The molecule has 17 heavy (non-hydrogen) atoms. The second-order valence-electron chi connectivity index (χ2n) is 5.69. The molecule has 1 heterocycles. The third kappa shape index (κ3) is 3.39. The minimum absolute atomic E-state index is 0.768. The van der Waals surface area contributed by atoms with Crippen molar-refractivity contribution in [1.82, 2.24) is 10.2 Å². The zero-order chi connectivity index (χ0) is 12.3. The molecule has 1 aliphatic heterocycles. The fourth-order valence-corrected chi connectivity index (χ4v) is 4.43. The van der Waals surface area contributed by atoms with E-state index in [-0.39, 0.29) is 0 Å². The van der Waals surface area contributed by atoms with E-state index in [9.17, 15) is 0 Å². The van der Waals surface area contributed by atoms with Gasteiger partial charge in [-0.25, -0.2) is 0 Å². The normalized spacial score (nSPS) is 39.7. The average Bonchev–Trinajstić information content (AvgIpc) is 2.78. The molecule has 1 saturated heterocycles. The van der Waals surface area contributed by atoms with Crippen LogP contribution >= 0.6 is 11.8 Å². The summed E-state index contributed by atoms with van der Waals surface area (Å²) in [5.41, 5.74) is 0. The molecule has 0 amide bonds. The smallest absolute Gasteiger partial charge is 0.0109 e. The van der Waals surface area contributed by atoms with Gasteiger partial charge in [0.15, 0.2) is 0 Å². The molecule has 100 valence electrons. The highest BCUT2D eigenvalue weighted by Gasteiger charge is 2.34. The van der Waals surface area contributed by atoms with E-state index in [4.69, 9.17) is 0 Å². The van der Waals surface area contributed by atoms with Crippen molar-refractivity contribution >= 4 is 11.8 Å². The number of hydrogen-bond donors (Lipinski definition) is 1. The maximum Gasteiger partial charge on any atom is 0.0109 e. The van der Waals surface area contributed by atoms with Crippen molar-refractivity contribution in [2.24, 2.45) is 0 Å². The number of nitrogens with one attached hydrogen (secondary N) is 1. The SMILES string of the molecule is CCNC1CCN(C2CCC(SC)C2)C(C)C1. The molecule has 2 aliphatic rings. The molecule has 4 unspecified atom stereocenters. The lowest BCUT2D eigenvalue weighted by molar-refractivity contribution is 0.0908. The summed E-state index contributed by atoms with van der Waals surface area (Å²) < 4.78 is 0. The van der Waals surface area contributed by atoms with Crippen molar-refractivity contribution in [3.63, 3.8) is 0 Å². The molecule has 4 atom stereocenters. The van der Waals surface area contributed by atoms with E-state index in [2.05, 4.69) is 42.1 Å². The number of rotatable bonds is 4. The van der Waals surface area contributed by atoms with Gasteiger partial charge in [-0.05, 0) is 51.8 Å². The van der Waals surface area contributed by atoms with Gasteiger partial charge in [0.2, 0.25) is 0 Å². The zero-order valence-electron chi connectivity index (χ0n) is 11.6. The lowest BCUT2D eigenvalue weighted by atomic mass is 9.96. The number of nitrogens with zero attached hydrogens (tertiary/aromatic N) is 1. The molecule has 0 aromatic carbocycles. The van der Waals surface area contributed by atoms with Crippen LogP contribution in [0, 0.1) is 0 Å². The van der Waals surface area contributed by atoms with E-state index in [0.717, 1.165) is 29.9 Å². The lowest BCUT2D eigenvalue weighted by Gasteiger charge is -2.41. The number of thioether (sulfide) groups is 1. The number of piperidine rings is 1. The fourth-order valence-electron chi connectivity index (χ4n) is 3.64. The highest BCUT2D eigenvalue weighted by Crippen LogP contribution is 2.34. The Balaban J connectivity index is 1.83. The van der Waals surface area contributed by atoms with Gasteiger partial charge in [-0.2, -0.15) is 11.8 Å². The van der Waals surface area contributed by atoms with Crippen LogP contribution in [0.4, 0.5) is 0 Å². The maximum absolute atomic E-state index is 3.62. The Morgan fingerprint density at radius 1 is 1.24 bits per heavy atom. The van der Waals surface area contributed by atoms with Gasteiger partial charge in [-0.15, -0.1) is 0 Å². The second-order valence-corrected chi connectivity index (χ2v) is 6.83. The van der Waals surface area contributed by atoms with Crippen LogP contribution in [0.25, 0.3) is 0 Å². The third-order valence-corrected chi connectivity index (χ3v) is 5.67. The molecule has 1 N–H and O–H groups in total. The first-order valence-electron chi connectivity index (χ1n) is 7.26. The standard InChI is InChI=1S/C14H28N2S/c1-4-15-12-7-8-16(11(2)9-12)13-5-6-14(10-13)17-3/h11-15H,4-10H2,1-3H3. The predicted molar refractivity (Wildman–Crippen MR) is 77.8 cm³/mol. The Morgan fingerprint density at radius 3 is 2.65 bits per heavy atom. The van der Waals surface area contributed by atoms with Crippen LogP contribution in [0.2, 0.25) is 0 Å². The molecular formula is C14H28N2S. The summed E-state index contributed by atoms with van der Waals surface area (Å²) in [5.74, 6) is 0. The van der Waals surface area contributed by atoms with Gasteiger partial charge >= 0.3 is 0 Å². The van der Waals surface area contributed by atoms with Gasteiger partial charge < -0.3 is 5.32 Å². The predicted octanol–water partition coefficient (Wildman–Crippen LogP) is 2.73. The summed E-state index contributed by atoms with van der Waals surface area (Å²) in [4.78, 5) is 2.80. The number of likely N-dealkylation sites (tertiary alicyclic amines) is 1. The zero-order valence-corrected chi connectivity index (χ0v) is 12.4. The molecule has 0 radical (unpaired) electrons. The molecular weight excluding hydrogens is 228 g/mol. The van der Waals surface area contributed by atoms with Crippen LogP contribution < -0.4 is 5.32 Å². The maximum atomic E-state index is 3.62. The van der Waals surface area contributed by atoms with E-state index >= 15 is 0 Å². The van der Waals surface area contributed by atoms with Crippen LogP contribution in [0.15, 0.2) is 0 Å². The van der Waals surface area contributed by atoms with Crippen LogP contribution in [0.1, 0.15) is 46.0 Å². The summed E-state index contributed by atoms with van der Waals surface area (Å²) in [7, 11) is 0. The molecule has 2 fully saturated rings. The summed E-state index contributed by atoms with van der Waals surface area (Å²) in [6.45, 7) is 7.08. The van der Waals surface area contributed by atoms with Crippen molar-refractivity contribution < 1.29 is 0 Å². The first-order chi connectivity index (χ1) is 8.24. The lowest BCUT2D eigenvalue weighted by Crippen LogP contribution is -2.50. The molecule has 2 rings (SSSR count). The Labute approximate surface area is 111 Å². The molecule has 1 aliphatic carbocycles. The fraction of sp³-hybridized carbons (Fsp3) is 1.00. The summed E-state index contributed by atoms with van der Waals surface area (Å²) in [6, 6.07) is 2.42. The van der Waals surface area contributed by atoms with Gasteiger partial charge in [0, 0.05) is 29.9 Å². The van der Waals surface area contributed by atoms with E-state index < -0.39 is 0 Å². The van der Waals surface area contributed by atoms with Gasteiger partial charge in [0.05, 0.1) is 0 Å². The van der Waals surface area contributed by atoms with Crippen molar-refractivity contribution in [3.05, 3.63) is 0 Å². The summed E-state index contributed by atoms with van der Waals surface area (Å²) in [6.07, 6.45) is 9.26. The molecule has 0 spiro atoms. The third-order valence-electron chi connectivity index (χ3n) is 4.58. The summed E-state index contributed by atoms with van der Waals surface area (Å²) >= 11 is 2.07. The highest BCUT2D eigenvalue weighted by atomic mass is 32.2. The Hall–Kier alpha value is 0.270. The first-order valence-corrected chi connectivity index (χ1v) is 8.55. The molecule has 1 saturated carbocycles. The van der Waals surface area contributed by atoms with Gasteiger partial charge in [0.1, 0.15) is 0 Å². The van der Waals surface area contributed by atoms with Crippen LogP contribution in [0.3, 0.4) is 0 Å². The average molecular weight is 256 g/mol. The van der Waals surface area contributed by atoms with E-state index in [1.165, 1.54) is 38.6 Å². The monoisotopic (exact) mass is 256 g/mol. The van der Waals surface area contributed by atoms with Crippen LogP contribution in [-0.4, -0.2) is 47.6 Å². The van der Waals surface area contributed by atoms with Crippen molar-refractivity contribution in [2.45, 2.75) is 69.3 Å². The quantitative estimate of drug-likeness (QED) is 0.832. The van der Waals surface area contributed by atoms with Crippen LogP contribution in [-0.2, 0) is 0 Å². The minimum atomic E-state index is 0.768. The molecule has 0 aromatic rings. The van der Waals surface area contributed by atoms with Crippen molar-refractivity contribution in [1.29, 1.82) is 0 Å². The molecule has 0 aromatic heterocycles. The molecule has 3 heteroatoms. The highest BCUT2D eigenvalue weighted by molar-refractivity contribution is 7.99. The molecule has 0 bridgehead atoms. The first kappa shape index (κ1) is 13.7. The van der Waals surface area contributed by atoms with Gasteiger partial charge in [0.25, 0.3) is 0 Å². The largest absolute Gasteiger partial charge is 0.314 e. The van der Waals surface area contributed by atoms with Crippen molar-refractivity contribution in [3.8, 4) is 0 Å². The van der Waals surface area contributed by atoms with Gasteiger partial charge in [-0.1, -0.05) is 6.92 Å². The molecule has 2 nitrogen and oxygen atoms in total. The number of hydrogen-bond acceptors (Lipinski definition) is 3. The Morgan fingerprint density at radius 2 is 2.06 bits per heavy atom. The Bertz CT molecular complexity index is 234. The minimum Gasteiger partial charge on any atom is -0.314 e.